The van der Waals surface area contributed by atoms with Gasteiger partial charge in [-0.25, -0.2) is 14.2 Å². The normalized spacial score (nSPS) is 18.6. The molecule has 3 aromatic rings. The maximum absolute atomic E-state index is 14.9. The lowest BCUT2D eigenvalue weighted by molar-refractivity contribution is -0.116. The van der Waals surface area contributed by atoms with E-state index in [9.17, 15) is 14.0 Å². The molecule has 12 nitrogen and oxygen atoms in total. The predicted octanol–water partition coefficient (Wildman–Crippen LogP) is 5.70. The van der Waals surface area contributed by atoms with Crippen LogP contribution in [0.1, 0.15) is 52.8 Å². The van der Waals surface area contributed by atoms with Crippen molar-refractivity contribution in [3.8, 4) is 11.3 Å². The molecule has 2 aliphatic rings. The van der Waals surface area contributed by atoms with Crippen molar-refractivity contribution in [3.63, 3.8) is 0 Å². The number of hydrogen-bond acceptors (Lipinski definition) is 10. The molecule has 0 saturated carbocycles. The highest BCUT2D eigenvalue weighted by atomic mass is 35.5. The molecule has 2 aromatic heterocycles. The quantitative estimate of drug-likeness (QED) is 0.309. The number of likely N-dealkylation sites (N-methyl/N-ethyl adjacent to an activating group) is 1. The van der Waals surface area contributed by atoms with Gasteiger partial charge in [0.05, 0.1) is 18.0 Å². The van der Waals surface area contributed by atoms with Crippen LogP contribution in [0.3, 0.4) is 0 Å². The van der Waals surface area contributed by atoms with Gasteiger partial charge in [-0.15, -0.1) is 5.10 Å². The molecule has 5 rings (SSSR count). The third kappa shape index (κ3) is 8.72. The molecule has 1 atom stereocenters. The van der Waals surface area contributed by atoms with Crippen LogP contribution in [-0.4, -0.2) is 99.6 Å². The first-order chi connectivity index (χ1) is 22.2. The summed E-state index contributed by atoms with van der Waals surface area (Å²) in [5.74, 6) is -0.297. The molecule has 2 amide bonds. The zero-order valence-electron chi connectivity index (χ0n) is 27.6. The summed E-state index contributed by atoms with van der Waals surface area (Å²) in [5.41, 5.74) is 0.0168. The van der Waals surface area contributed by atoms with Crippen LogP contribution in [0.25, 0.3) is 11.3 Å². The number of rotatable bonds is 8. The number of nitrogens with one attached hydrogen (secondary N) is 2. The van der Waals surface area contributed by atoms with E-state index in [-0.39, 0.29) is 23.8 Å². The van der Waals surface area contributed by atoms with E-state index in [1.807, 2.05) is 0 Å². The first-order valence-electron chi connectivity index (χ1n) is 15.6. The van der Waals surface area contributed by atoms with Gasteiger partial charge in [0.15, 0.2) is 0 Å². The Labute approximate surface area is 279 Å². The van der Waals surface area contributed by atoms with Crippen molar-refractivity contribution in [3.05, 3.63) is 59.1 Å². The fraction of sp³-hybridized carbons (Fsp3) is 0.485. The van der Waals surface area contributed by atoms with Crippen LogP contribution in [0.4, 0.5) is 26.4 Å². The van der Waals surface area contributed by atoms with Crippen molar-refractivity contribution in [1.82, 2.24) is 29.9 Å². The van der Waals surface area contributed by atoms with Crippen LogP contribution in [-0.2, 0) is 14.3 Å². The topological polar surface area (TPSA) is 125 Å². The van der Waals surface area contributed by atoms with E-state index in [1.165, 1.54) is 23.1 Å². The molecule has 47 heavy (non-hydrogen) atoms. The molecule has 14 heteroatoms. The highest BCUT2D eigenvalue weighted by Gasteiger charge is 2.48. The monoisotopic (exact) mass is 668 g/mol. The van der Waals surface area contributed by atoms with E-state index < -0.39 is 29.3 Å². The van der Waals surface area contributed by atoms with Gasteiger partial charge < -0.3 is 29.9 Å². The molecular formula is C33H42ClFN8O4. The Morgan fingerprint density at radius 3 is 2.57 bits per heavy atom. The number of benzene rings is 1. The molecule has 2 saturated heterocycles. The molecule has 1 unspecified atom stereocenters. The van der Waals surface area contributed by atoms with Crippen LogP contribution in [0.15, 0.2) is 42.6 Å². The maximum Gasteiger partial charge on any atom is 0.413 e. The third-order valence-electron chi connectivity index (χ3n) is 7.98. The smallest absolute Gasteiger partial charge is 0.413 e. The summed E-state index contributed by atoms with van der Waals surface area (Å²) in [7, 11) is 2.09. The summed E-state index contributed by atoms with van der Waals surface area (Å²) in [6, 6.07) is 8.56. The van der Waals surface area contributed by atoms with Gasteiger partial charge in [0, 0.05) is 67.7 Å². The Hall–Kier alpha value is -3.91. The first kappa shape index (κ1) is 34.4. The number of aromatic nitrogens is 3. The third-order valence-corrected chi connectivity index (χ3v) is 8.21. The molecule has 2 fully saturated rings. The molecule has 0 spiro atoms. The van der Waals surface area contributed by atoms with Gasteiger partial charge in [0.1, 0.15) is 34.7 Å². The van der Waals surface area contributed by atoms with Gasteiger partial charge in [-0.1, -0.05) is 11.6 Å². The predicted molar refractivity (Wildman–Crippen MR) is 178 cm³/mol. The number of pyridine rings is 1. The minimum atomic E-state index is -1.01. The van der Waals surface area contributed by atoms with Crippen molar-refractivity contribution in [2.45, 2.75) is 58.4 Å². The van der Waals surface area contributed by atoms with Gasteiger partial charge in [-0.2, -0.15) is 5.10 Å². The highest BCUT2D eigenvalue weighted by Crippen LogP contribution is 2.41. The van der Waals surface area contributed by atoms with Crippen molar-refractivity contribution in [2.24, 2.45) is 0 Å². The van der Waals surface area contributed by atoms with E-state index in [0.717, 1.165) is 26.2 Å². The van der Waals surface area contributed by atoms with Crippen molar-refractivity contribution >= 4 is 40.8 Å². The van der Waals surface area contributed by atoms with Crippen LogP contribution in [0.5, 0.6) is 0 Å². The zero-order chi connectivity index (χ0) is 33.9. The lowest BCUT2D eigenvalue weighted by atomic mass is 10.1. The Balaban J connectivity index is 1.43. The summed E-state index contributed by atoms with van der Waals surface area (Å²) < 4.78 is 26.7. The number of piperazine rings is 1. The Kier molecular flexibility index (Phi) is 10.3. The van der Waals surface area contributed by atoms with Gasteiger partial charge in [0.25, 0.3) is 0 Å². The lowest BCUT2D eigenvalue weighted by Crippen LogP contribution is -2.47. The largest absolute Gasteiger partial charge is 0.444 e. The number of amides is 2. The molecule has 0 aliphatic carbocycles. The molecule has 0 bridgehead atoms. The fourth-order valence-electron chi connectivity index (χ4n) is 5.50. The average Bonchev–Trinajstić information content (AvgIpc) is 3.32. The van der Waals surface area contributed by atoms with Crippen molar-refractivity contribution in [1.29, 1.82) is 0 Å². The number of anilines is 3. The van der Waals surface area contributed by atoms with Gasteiger partial charge in [-0.3, -0.25) is 9.69 Å². The van der Waals surface area contributed by atoms with Gasteiger partial charge in [0.2, 0.25) is 5.91 Å². The number of nitrogens with zero attached hydrogens (tertiary/aromatic N) is 6. The number of carbonyl (C=O) groups excluding carboxylic acids is 2. The second-order valence-corrected chi connectivity index (χ2v) is 13.7. The maximum atomic E-state index is 14.9. The average molecular weight is 669 g/mol. The van der Waals surface area contributed by atoms with Crippen LogP contribution in [0, 0.1) is 5.82 Å². The van der Waals surface area contributed by atoms with Crippen molar-refractivity contribution < 1.29 is 23.5 Å². The highest BCUT2D eigenvalue weighted by molar-refractivity contribution is 6.30. The van der Waals surface area contributed by atoms with E-state index >= 15 is 0 Å². The number of carbonyl (C=O) groups is 2. The number of hydrogen-bond donors (Lipinski definition) is 2. The lowest BCUT2D eigenvalue weighted by Gasteiger charge is -2.35. The first-order valence-corrected chi connectivity index (χ1v) is 16.0. The standard InChI is InChI=1S/C33H42ClFN8O4/c1-32(2,3)47-31(45)43-27(20-46-33(43,4)5)30-26(19-25(39-40-30)23-17-21(34)7-8-24(23)35)37-22-9-11-36-28(18-22)38-29(44)10-12-42-15-13-41(6)14-16-42/h7-9,11,17-19,27H,10,12-16,20H2,1-6H3,(H2,36,37,38,39,44). The summed E-state index contributed by atoms with van der Waals surface area (Å²) in [4.78, 5) is 36.6. The van der Waals surface area contributed by atoms with E-state index in [1.54, 1.807) is 59.0 Å². The van der Waals surface area contributed by atoms with Crippen LogP contribution < -0.4 is 10.6 Å². The molecule has 0 radical (unpaired) electrons. The molecule has 4 heterocycles. The summed E-state index contributed by atoms with van der Waals surface area (Å²) in [6.07, 6.45) is 1.33. The molecule has 1 aromatic carbocycles. The molecular weight excluding hydrogens is 627 g/mol. The Morgan fingerprint density at radius 1 is 1.11 bits per heavy atom. The Bertz CT molecular complexity index is 1610. The molecule has 2 aliphatic heterocycles. The van der Waals surface area contributed by atoms with Crippen molar-refractivity contribution in [2.75, 3.05) is 57.0 Å². The van der Waals surface area contributed by atoms with E-state index in [0.29, 0.717) is 40.9 Å². The summed E-state index contributed by atoms with van der Waals surface area (Å²) >= 11 is 6.19. The second kappa shape index (κ2) is 14.1. The number of halogens is 2. The van der Waals surface area contributed by atoms with E-state index in [2.05, 4.69) is 42.7 Å². The van der Waals surface area contributed by atoms with Crippen LogP contribution in [0.2, 0.25) is 5.02 Å². The summed E-state index contributed by atoms with van der Waals surface area (Å²) in [6.45, 7) is 13.5. The second-order valence-electron chi connectivity index (χ2n) is 13.3. The number of ether oxygens (including phenoxy) is 2. The Morgan fingerprint density at radius 2 is 1.85 bits per heavy atom. The van der Waals surface area contributed by atoms with Crippen LogP contribution >= 0.6 is 11.6 Å². The fourth-order valence-corrected chi connectivity index (χ4v) is 5.68. The minimum absolute atomic E-state index is 0.117. The zero-order valence-corrected chi connectivity index (χ0v) is 28.4. The molecule has 252 valence electrons. The van der Waals surface area contributed by atoms with Gasteiger partial charge in [-0.05, 0) is 72.0 Å². The summed E-state index contributed by atoms with van der Waals surface area (Å²) in [5, 5.41) is 15.4. The minimum Gasteiger partial charge on any atom is -0.444 e. The van der Waals surface area contributed by atoms with E-state index in [4.69, 9.17) is 21.1 Å². The SMILES string of the molecule is CN1CCN(CCC(=O)Nc2cc(Nc3cc(-c4cc(Cl)ccc4F)nnc3C3COC(C)(C)N3C(=O)OC(C)(C)C)ccn2)CC1. The molecule has 2 N–H and O–H groups in total. The van der Waals surface area contributed by atoms with Gasteiger partial charge >= 0.3 is 6.09 Å².